The van der Waals surface area contributed by atoms with Gasteiger partial charge in [-0.1, -0.05) is 0 Å². The molecule has 0 radical (unpaired) electrons. The number of nitrogens with zero attached hydrogens (tertiary/aromatic N) is 4. The molecule has 3 fully saturated rings. The summed E-state index contributed by atoms with van der Waals surface area (Å²) in [4.78, 5) is 49.6. The van der Waals surface area contributed by atoms with E-state index in [1.54, 1.807) is 6.07 Å². The number of hydrogen-bond donors (Lipinski definition) is 2. The molecule has 2 N–H and O–H groups in total. The van der Waals surface area contributed by atoms with E-state index in [1.807, 2.05) is 58.4 Å². The molecule has 2 bridgehead atoms. The van der Waals surface area contributed by atoms with Crippen LogP contribution in [0.3, 0.4) is 0 Å². The Morgan fingerprint density at radius 3 is 2.63 bits per heavy atom. The van der Waals surface area contributed by atoms with Gasteiger partial charge < -0.3 is 0 Å². The van der Waals surface area contributed by atoms with E-state index in [9.17, 15) is 14.4 Å². The first-order valence-electron chi connectivity index (χ1n) is 14.6. The van der Waals surface area contributed by atoms with Crippen molar-refractivity contribution in [3.05, 3.63) is 65.6 Å². The van der Waals surface area contributed by atoms with Gasteiger partial charge in [0.05, 0.1) is 0 Å². The van der Waals surface area contributed by atoms with Gasteiger partial charge in [0.15, 0.2) is 0 Å². The number of halogens is 1. The molecule has 3 amide bonds. The number of carbonyl (C=O) groups is 3. The summed E-state index contributed by atoms with van der Waals surface area (Å²) >= 11 is -1.92. The number of nitrogens with one attached hydrogen (secondary N) is 2. The monoisotopic (exact) mass is 668 g/mol. The fraction of sp³-hybridized carbons (Fsp3) is 0.452. The Labute approximate surface area is 247 Å². The Hall–Kier alpha value is -3.28. The van der Waals surface area contributed by atoms with Gasteiger partial charge in [0, 0.05) is 0 Å². The summed E-state index contributed by atoms with van der Waals surface area (Å²) in [6.07, 6.45) is 8.87. The van der Waals surface area contributed by atoms with E-state index < -0.39 is 20.1 Å². The Bertz CT molecular complexity index is 1450. The zero-order chi connectivity index (χ0) is 28.5. The van der Waals surface area contributed by atoms with E-state index >= 15 is 0 Å². The fourth-order valence-corrected chi connectivity index (χ4v) is 12.6. The summed E-state index contributed by atoms with van der Waals surface area (Å²) in [5, 5.41) is 5.30. The van der Waals surface area contributed by atoms with E-state index in [0.29, 0.717) is 34.1 Å². The predicted octanol–water partition coefficient (Wildman–Crippen LogP) is 5.49. The van der Waals surface area contributed by atoms with Gasteiger partial charge in [-0.25, -0.2) is 0 Å². The van der Waals surface area contributed by atoms with E-state index in [2.05, 4.69) is 26.6 Å². The second kappa shape index (κ2) is 11.9. The van der Waals surface area contributed by atoms with Crippen LogP contribution >= 0.6 is 20.1 Å². The molecule has 2 saturated heterocycles. The van der Waals surface area contributed by atoms with Crippen LogP contribution in [-0.4, -0.2) is 63.0 Å². The zero-order valence-corrected chi connectivity index (χ0v) is 25.8. The van der Waals surface area contributed by atoms with Crippen LogP contribution in [0, 0.1) is 5.92 Å². The van der Waals surface area contributed by atoms with Crippen molar-refractivity contribution in [1.29, 1.82) is 0 Å². The molecule has 1 saturated carbocycles. The molecule has 3 aliphatic rings. The van der Waals surface area contributed by atoms with Crippen LogP contribution in [0.1, 0.15) is 84.8 Å². The number of alkyl halides is 2. The molecule has 3 aromatic rings. The van der Waals surface area contributed by atoms with Crippen molar-refractivity contribution in [2.75, 3.05) is 15.5 Å². The second-order valence-corrected chi connectivity index (χ2v) is 16.5. The number of hydrogen-bond acceptors (Lipinski definition) is 5. The first kappa shape index (κ1) is 27.9. The Balaban J connectivity index is 1.10. The third kappa shape index (κ3) is 5.62. The summed E-state index contributed by atoms with van der Waals surface area (Å²) in [5.74, 6) is -0.0593. The SMILES string of the molecule is CC[C@H](C)/C(=N/NC(=O)c1cc2ccccc2[nH]1)C(=O)N1C[C@@H]2CI1CN2C(=O)c1ccc(C2CCCCC2)cn1. The molecule has 1 aromatic carbocycles. The Kier molecular flexibility index (Phi) is 8.10. The van der Waals surface area contributed by atoms with Crippen LogP contribution in [0.25, 0.3) is 10.9 Å². The fourth-order valence-electron chi connectivity index (χ4n) is 5.98. The molecule has 2 atom stereocenters. The van der Waals surface area contributed by atoms with Gasteiger partial charge in [-0.3, -0.25) is 0 Å². The van der Waals surface area contributed by atoms with Gasteiger partial charge in [0.1, 0.15) is 0 Å². The number of H-pyrrole nitrogens is 1. The molecule has 1 aliphatic carbocycles. The molecule has 10 heteroatoms. The molecule has 41 heavy (non-hydrogen) atoms. The molecule has 4 heterocycles. The van der Waals surface area contributed by atoms with Crippen LogP contribution in [0.15, 0.2) is 53.8 Å². The van der Waals surface area contributed by atoms with E-state index in [4.69, 9.17) is 0 Å². The average Bonchev–Trinajstić information content (AvgIpc) is 3.75. The van der Waals surface area contributed by atoms with Gasteiger partial charge in [0.2, 0.25) is 0 Å². The normalized spacial score (nSPS) is 21.0. The predicted molar refractivity (Wildman–Crippen MR) is 168 cm³/mol. The van der Waals surface area contributed by atoms with Crippen molar-refractivity contribution in [3.63, 3.8) is 0 Å². The van der Waals surface area contributed by atoms with Gasteiger partial charge in [0.25, 0.3) is 0 Å². The first-order chi connectivity index (χ1) is 19.9. The topological polar surface area (TPSA) is 111 Å². The molecule has 6 rings (SSSR count). The number of amides is 3. The third-order valence-electron chi connectivity index (χ3n) is 8.64. The number of aromatic amines is 1. The minimum atomic E-state index is -1.92. The summed E-state index contributed by atoms with van der Waals surface area (Å²) in [7, 11) is 0. The molecule has 216 valence electrons. The number of para-hydroxylation sites is 1. The average molecular weight is 669 g/mol. The number of hydrazone groups is 1. The quantitative estimate of drug-likeness (QED) is 0.0867. The van der Waals surface area contributed by atoms with Crippen LogP contribution in [0.2, 0.25) is 0 Å². The van der Waals surface area contributed by atoms with Crippen molar-refractivity contribution in [1.82, 2.24) is 23.4 Å². The summed E-state index contributed by atoms with van der Waals surface area (Å²) in [6, 6.07) is 13.4. The third-order valence-corrected chi connectivity index (χ3v) is 14.7. The first-order valence-corrected chi connectivity index (χ1v) is 18.6. The van der Waals surface area contributed by atoms with E-state index in [1.165, 1.54) is 37.7 Å². The number of fused-ring (bicyclic) bond motifs is 3. The van der Waals surface area contributed by atoms with Gasteiger partial charge in [-0.15, -0.1) is 0 Å². The van der Waals surface area contributed by atoms with Crippen molar-refractivity contribution in [2.45, 2.75) is 64.3 Å². The molecule has 2 aliphatic heterocycles. The number of benzene rings is 1. The molecular formula is C31H37IN6O3. The van der Waals surface area contributed by atoms with Gasteiger partial charge >= 0.3 is 249 Å². The molecule has 0 unspecified atom stereocenters. The molecular weight excluding hydrogens is 631 g/mol. The summed E-state index contributed by atoms with van der Waals surface area (Å²) in [5.41, 5.74) is 5.99. The van der Waals surface area contributed by atoms with Crippen LogP contribution in [-0.2, 0) is 4.79 Å². The van der Waals surface area contributed by atoms with E-state index in [-0.39, 0.29) is 29.7 Å². The minimum absolute atomic E-state index is 0.0237. The maximum atomic E-state index is 13.7. The van der Waals surface area contributed by atoms with Gasteiger partial charge in [-0.05, 0) is 0 Å². The van der Waals surface area contributed by atoms with Crippen molar-refractivity contribution >= 4 is 54.4 Å². The standard InChI is InChI=1S/C31H37IN6O3/c1-3-20(2)28(35-36-29(39)27-15-22-11-7-8-12-25(22)34-27)31(41)38-18-24-16-32(38)19-37(24)30(40)26-14-13-23(17-33-26)21-9-5-4-6-10-21/h7-8,11-15,17,20-21,24,34H,3-6,9-10,16,18-19H2,1-2H3,(H,36,39)/b35-28-/t20-,24-/m0/s1. The molecule has 9 nitrogen and oxygen atoms in total. The van der Waals surface area contributed by atoms with E-state index in [0.717, 1.165) is 21.8 Å². The van der Waals surface area contributed by atoms with Crippen molar-refractivity contribution in [3.8, 4) is 0 Å². The van der Waals surface area contributed by atoms with Crippen molar-refractivity contribution in [2.24, 2.45) is 11.0 Å². The summed E-state index contributed by atoms with van der Waals surface area (Å²) in [6.45, 7) is 4.50. The van der Waals surface area contributed by atoms with Crippen LogP contribution in [0.5, 0.6) is 0 Å². The zero-order valence-electron chi connectivity index (χ0n) is 23.6. The second-order valence-electron chi connectivity index (χ2n) is 11.3. The van der Waals surface area contributed by atoms with Crippen molar-refractivity contribution < 1.29 is 14.4 Å². The van der Waals surface area contributed by atoms with Crippen LogP contribution < -0.4 is 5.43 Å². The Morgan fingerprint density at radius 1 is 1.15 bits per heavy atom. The number of aromatic nitrogens is 2. The number of pyridine rings is 1. The van der Waals surface area contributed by atoms with Crippen LogP contribution in [0.4, 0.5) is 0 Å². The van der Waals surface area contributed by atoms with Gasteiger partial charge in [-0.2, -0.15) is 0 Å². The number of rotatable bonds is 7. The Morgan fingerprint density at radius 2 is 1.95 bits per heavy atom. The maximum absolute atomic E-state index is 13.7. The summed E-state index contributed by atoms with van der Waals surface area (Å²) < 4.78 is 3.52. The molecule has 2 aromatic heterocycles. The number of carbonyl (C=O) groups excluding carboxylic acids is 3. The molecule has 0 spiro atoms.